The summed E-state index contributed by atoms with van der Waals surface area (Å²) in [6, 6.07) is 8.37. The summed E-state index contributed by atoms with van der Waals surface area (Å²) in [5.74, 6) is 0. The molecule has 1 aromatic rings. The standard InChI is InChI=1S/C7H7.Mo/c1-7-5-3-2-4-6-7;/h2-5H,1H3;. The van der Waals surface area contributed by atoms with E-state index in [1.165, 1.54) is 9.52 Å². The van der Waals surface area contributed by atoms with Crippen molar-refractivity contribution in [2.75, 3.05) is 0 Å². The molecule has 0 heterocycles. The van der Waals surface area contributed by atoms with Gasteiger partial charge in [-0.1, -0.05) is 0 Å². The van der Waals surface area contributed by atoms with Gasteiger partial charge in [0.05, 0.1) is 0 Å². The predicted octanol–water partition coefficient (Wildman–Crippen LogP) is 1.17. The Morgan fingerprint density at radius 3 is 2.25 bits per heavy atom. The van der Waals surface area contributed by atoms with E-state index in [9.17, 15) is 0 Å². The Morgan fingerprint density at radius 1 is 1.25 bits per heavy atom. The zero-order valence-electron chi connectivity index (χ0n) is 4.72. The maximum absolute atomic E-state index is 2.12. The van der Waals surface area contributed by atoms with Crippen molar-refractivity contribution >= 4 is 3.95 Å². The van der Waals surface area contributed by atoms with E-state index in [1.807, 2.05) is 0 Å². The van der Waals surface area contributed by atoms with Crippen molar-refractivity contribution in [1.82, 2.24) is 0 Å². The second-order valence-electron chi connectivity index (χ2n) is 1.77. The molecular formula is C7H7Mo. The molecule has 0 spiro atoms. The van der Waals surface area contributed by atoms with Crippen LogP contribution in [0.25, 0.3) is 0 Å². The molecule has 0 aliphatic rings. The fourth-order valence-electron chi connectivity index (χ4n) is 0.556. The molecule has 0 bridgehead atoms. The molecule has 0 fully saturated rings. The predicted molar refractivity (Wildman–Crippen MR) is 30.8 cm³/mol. The fraction of sp³-hybridized carbons (Fsp3) is 0.143. The first-order valence-corrected chi connectivity index (χ1v) is 3.53. The van der Waals surface area contributed by atoms with Crippen molar-refractivity contribution in [2.24, 2.45) is 0 Å². The number of rotatable bonds is 0. The molecule has 0 N–H and O–H groups in total. The molecule has 0 unspecified atom stereocenters. The van der Waals surface area contributed by atoms with Gasteiger partial charge in [-0.05, 0) is 0 Å². The summed E-state index contributed by atoms with van der Waals surface area (Å²) in [6.45, 7) is 2.12. The molecule has 41 valence electrons. The summed E-state index contributed by atoms with van der Waals surface area (Å²) in [7, 11) is 0. The molecule has 8 heavy (non-hydrogen) atoms. The van der Waals surface area contributed by atoms with Crippen LogP contribution in [-0.2, 0) is 19.8 Å². The van der Waals surface area contributed by atoms with Gasteiger partial charge in [0.15, 0.2) is 0 Å². The van der Waals surface area contributed by atoms with Crippen LogP contribution in [-0.4, -0.2) is 0 Å². The molecule has 1 aromatic carbocycles. The van der Waals surface area contributed by atoms with E-state index in [4.69, 9.17) is 0 Å². The van der Waals surface area contributed by atoms with Crippen LogP contribution >= 0.6 is 0 Å². The first-order chi connectivity index (χ1) is 3.80. The Hall–Kier alpha value is -0.0917. The normalized spacial score (nSPS) is 9.12. The van der Waals surface area contributed by atoms with Crippen LogP contribution in [0.3, 0.4) is 0 Å². The fourth-order valence-corrected chi connectivity index (χ4v) is 0.917. The van der Waals surface area contributed by atoms with Gasteiger partial charge in [-0.2, -0.15) is 0 Å². The molecule has 1 rings (SSSR count). The van der Waals surface area contributed by atoms with Crippen LogP contribution in [0, 0.1) is 6.92 Å². The third kappa shape index (κ3) is 1.20. The zero-order chi connectivity index (χ0) is 5.98. The molecule has 0 saturated heterocycles. The molecular weight excluding hydrogens is 180 g/mol. The van der Waals surface area contributed by atoms with Crippen LogP contribution in [0.1, 0.15) is 5.56 Å². The Labute approximate surface area is 60.8 Å². The molecule has 0 saturated carbocycles. The van der Waals surface area contributed by atoms with Gasteiger partial charge in [-0.15, -0.1) is 0 Å². The summed E-state index contributed by atoms with van der Waals surface area (Å²) in [5.41, 5.74) is 1.37. The van der Waals surface area contributed by atoms with E-state index in [2.05, 4.69) is 51.0 Å². The molecule has 1 heteroatoms. The van der Waals surface area contributed by atoms with E-state index >= 15 is 0 Å². The summed E-state index contributed by atoms with van der Waals surface area (Å²) in [4.78, 5) is 0. The summed E-state index contributed by atoms with van der Waals surface area (Å²) < 4.78 is 1.38. The number of hydrogen-bond donors (Lipinski definition) is 0. The van der Waals surface area contributed by atoms with Crippen LogP contribution < -0.4 is 3.95 Å². The van der Waals surface area contributed by atoms with Crippen molar-refractivity contribution in [1.29, 1.82) is 0 Å². The monoisotopic (exact) mass is 189 g/mol. The van der Waals surface area contributed by atoms with E-state index in [0.717, 1.165) is 0 Å². The van der Waals surface area contributed by atoms with Gasteiger partial charge < -0.3 is 0 Å². The third-order valence-corrected chi connectivity index (χ3v) is 2.22. The SMILES string of the molecule is Cc1cccc[c]1[Mo]. The van der Waals surface area contributed by atoms with Crippen molar-refractivity contribution in [3.8, 4) is 0 Å². The van der Waals surface area contributed by atoms with Crippen molar-refractivity contribution in [3.05, 3.63) is 29.8 Å². The van der Waals surface area contributed by atoms with E-state index in [1.54, 1.807) is 0 Å². The Kier molecular flexibility index (Phi) is 1.85. The summed E-state index contributed by atoms with van der Waals surface area (Å²) in [5, 5.41) is 0. The first kappa shape index (κ1) is 6.03. The topological polar surface area (TPSA) is 0 Å². The molecule has 0 aromatic heterocycles. The van der Waals surface area contributed by atoms with Crippen LogP contribution in [0.4, 0.5) is 0 Å². The van der Waals surface area contributed by atoms with Crippen LogP contribution in [0.15, 0.2) is 24.3 Å². The Bertz CT molecular complexity index is 160. The average molecular weight is 187 g/mol. The Balaban J connectivity index is 3.13. The second kappa shape index (κ2) is 2.46. The average Bonchev–Trinajstić information content (AvgIpc) is 1.77. The molecule has 0 amide bonds. The maximum atomic E-state index is 2.12. The Morgan fingerprint density at radius 2 is 1.88 bits per heavy atom. The third-order valence-electron chi connectivity index (χ3n) is 1.09. The van der Waals surface area contributed by atoms with Crippen molar-refractivity contribution in [3.63, 3.8) is 0 Å². The van der Waals surface area contributed by atoms with Gasteiger partial charge in [0.1, 0.15) is 0 Å². The molecule has 0 radical (unpaired) electrons. The number of aryl methyl sites for hydroxylation is 1. The van der Waals surface area contributed by atoms with Gasteiger partial charge in [0, 0.05) is 0 Å². The molecule has 0 aliphatic carbocycles. The number of hydrogen-bond acceptors (Lipinski definition) is 0. The zero-order valence-corrected chi connectivity index (χ0v) is 6.72. The van der Waals surface area contributed by atoms with Crippen LogP contribution in [0.5, 0.6) is 0 Å². The quantitative estimate of drug-likeness (QED) is 0.535. The van der Waals surface area contributed by atoms with Gasteiger partial charge in [-0.25, -0.2) is 0 Å². The van der Waals surface area contributed by atoms with E-state index in [0.29, 0.717) is 0 Å². The second-order valence-corrected chi connectivity index (χ2v) is 2.85. The minimum atomic E-state index is 1.37. The van der Waals surface area contributed by atoms with Gasteiger partial charge in [0.25, 0.3) is 0 Å². The molecule has 0 aliphatic heterocycles. The van der Waals surface area contributed by atoms with Gasteiger partial charge in [-0.3, -0.25) is 0 Å². The van der Waals surface area contributed by atoms with E-state index < -0.39 is 0 Å². The first-order valence-electron chi connectivity index (χ1n) is 2.53. The van der Waals surface area contributed by atoms with Gasteiger partial charge in [0.2, 0.25) is 0 Å². The minimum absolute atomic E-state index is 1.37. The summed E-state index contributed by atoms with van der Waals surface area (Å²) >= 11 is 2.05. The number of benzene rings is 1. The molecule has 0 nitrogen and oxygen atoms in total. The van der Waals surface area contributed by atoms with Crippen LogP contribution in [0.2, 0.25) is 0 Å². The van der Waals surface area contributed by atoms with E-state index in [-0.39, 0.29) is 0 Å². The summed E-state index contributed by atoms with van der Waals surface area (Å²) in [6.07, 6.45) is 0. The van der Waals surface area contributed by atoms with Crippen molar-refractivity contribution in [2.45, 2.75) is 6.92 Å². The van der Waals surface area contributed by atoms with Crippen molar-refractivity contribution < 1.29 is 19.8 Å². The van der Waals surface area contributed by atoms with Gasteiger partial charge >= 0.3 is 60.5 Å². The molecule has 0 atom stereocenters.